The molecule has 5 rings (SSSR count). The number of nitrogens with one attached hydrogen (secondary N) is 2. The molecule has 1 aromatic heterocycles. The summed E-state index contributed by atoms with van der Waals surface area (Å²) in [5.74, 6) is -0.359. The van der Waals surface area contributed by atoms with Crippen molar-refractivity contribution < 1.29 is 9.59 Å². The third-order valence-electron chi connectivity index (χ3n) is 6.97. The van der Waals surface area contributed by atoms with Crippen LogP contribution in [0.2, 0.25) is 0 Å². The molecule has 2 N–H and O–H groups in total. The van der Waals surface area contributed by atoms with E-state index in [9.17, 15) is 9.59 Å². The van der Waals surface area contributed by atoms with Gasteiger partial charge < -0.3 is 10.2 Å². The second-order valence-corrected chi connectivity index (χ2v) is 11.9. The molecule has 1 atom stereocenters. The van der Waals surface area contributed by atoms with Crippen molar-refractivity contribution in [2.75, 3.05) is 18.4 Å². The standard InChI is InChI=1S/C29H35N5O2S/c1-29(2,3)32-23-11-14-33(15-12-23)18-20-9-10-22-19-34(27(36)24(22)17-20)25(21-7-5-4-6-8-21)26(35)31-28-30-13-16-37-28/h4-10,13,16-17,23,25,32H,11-12,14-15,18-19H2,1-3H3,(H,30,31,35). The minimum atomic E-state index is -0.734. The number of nitrogens with zero attached hydrogens (tertiary/aromatic N) is 3. The third kappa shape index (κ3) is 6.09. The van der Waals surface area contributed by atoms with Gasteiger partial charge in [0.15, 0.2) is 5.13 Å². The van der Waals surface area contributed by atoms with Gasteiger partial charge in [-0.3, -0.25) is 19.8 Å². The summed E-state index contributed by atoms with van der Waals surface area (Å²) in [5, 5.41) is 8.95. The highest BCUT2D eigenvalue weighted by Crippen LogP contribution is 2.33. The van der Waals surface area contributed by atoms with E-state index in [0.29, 0.717) is 23.3 Å². The molecule has 8 heteroatoms. The number of piperidine rings is 1. The summed E-state index contributed by atoms with van der Waals surface area (Å²) in [7, 11) is 0. The van der Waals surface area contributed by atoms with Crippen LogP contribution in [0.3, 0.4) is 0 Å². The number of hydrogen-bond donors (Lipinski definition) is 2. The molecule has 7 nitrogen and oxygen atoms in total. The minimum absolute atomic E-state index is 0.104. The number of benzene rings is 2. The smallest absolute Gasteiger partial charge is 0.255 e. The van der Waals surface area contributed by atoms with Gasteiger partial charge in [-0.2, -0.15) is 0 Å². The van der Waals surface area contributed by atoms with E-state index in [2.05, 4.69) is 53.4 Å². The second-order valence-electron chi connectivity index (χ2n) is 11.0. The quantitative estimate of drug-likeness (QED) is 0.469. The first-order chi connectivity index (χ1) is 17.8. The summed E-state index contributed by atoms with van der Waals surface area (Å²) >= 11 is 1.36. The Morgan fingerprint density at radius 3 is 2.57 bits per heavy atom. The lowest BCUT2D eigenvalue weighted by molar-refractivity contribution is -0.120. The Bertz CT molecular complexity index is 1230. The first kappa shape index (κ1) is 25.6. The van der Waals surface area contributed by atoms with Gasteiger partial charge in [0.1, 0.15) is 6.04 Å². The maximum absolute atomic E-state index is 13.6. The van der Waals surface area contributed by atoms with Crippen molar-refractivity contribution in [2.24, 2.45) is 0 Å². The van der Waals surface area contributed by atoms with Crippen LogP contribution in [0.4, 0.5) is 5.13 Å². The van der Waals surface area contributed by atoms with Gasteiger partial charge in [-0.25, -0.2) is 4.98 Å². The summed E-state index contributed by atoms with van der Waals surface area (Å²) < 4.78 is 0. The molecule has 1 saturated heterocycles. The van der Waals surface area contributed by atoms with E-state index in [1.807, 2.05) is 41.8 Å². The van der Waals surface area contributed by atoms with Gasteiger partial charge in [-0.1, -0.05) is 42.5 Å². The molecule has 2 amide bonds. The molecule has 1 fully saturated rings. The number of fused-ring (bicyclic) bond motifs is 1. The van der Waals surface area contributed by atoms with E-state index in [1.165, 1.54) is 11.3 Å². The summed E-state index contributed by atoms with van der Waals surface area (Å²) in [5.41, 5.74) is 3.72. The molecule has 0 aliphatic carbocycles. The second kappa shape index (κ2) is 10.7. The predicted octanol–water partition coefficient (Wildman–Crippen LogP) is 4.83. The van der Waals surface area contributed by atoms with Crippen LogP contribution in [-0.4, -0.2) is 51.3 Å². The summed E-state index contributed by atoms with van der Waals surface area (Å²) in [6.07, 6.45) is 3.91. The van der Waals surface area contributed by atoms with Gasteiger partial charge in [0.05, 0.1) is 0 Å². The van der Waals surface area contributed by atoms with Crippen LogP contribution in [0.1, 0.15) is 66.7 Å². The molecule has 0 radical (unpaired) electrons. The number of carbonyl (C=O) groups is 2. The number of aromatic nitrogens is 1. The topological polar surface area (TPSA) is 77.6 Å². The Kier molecular flexibility index (Phi) is 7.42. The molecule has 1 unspecified atom stereocenters. The molecule has 3 aromatic rings. The highest BCUT2D eigenvalue weighted by atomic mass is 32.1. The molecule has 0 saturated carbocycles. The lowest BCUT2D eigenvalue weighted by Crippen LogP contribution is -2.49. The van der Waals surface area contributed by atoms with E-state index >= 15 is 0 Å². The van der Waals surface area contributed by atoms with Gasteiger partial charge in [0, 0.05) is 41.8 Å². The fourth-order valence-corrected chi connectivity index (χ4v) is 5.88. The van der Waals surface area contributed by atoms with Crippen molar-refractivity contribution in [3.63, 3.8) is 0 Å². The summed E-state index contributed by atoms with van der Waals surface area (Å²) in [4.78, 5) is 35.4. The van der Waals surface area contributed by atoms with Gasteiger partial charge in [0.2, 0.25) is 0 Å². The average Bonchev–Trinajstić information content (AvgIpc) is 3.48. The van der Waals surface area contributed by atoms with Crippen molar-refractivity contribution in [3.05, 3.63) is 82.4 Å². The molecule has 0 bridgehead atoms. The zero-order valence-corrected chi connectivity index (χ0v) is 22.6. The van der Waals surface area contributed by atoms with E-state index in [4.69, 9.17) is 0 Å². The molecule has 0 spiro atoms. The van der Waals surface area contributed by atoms with Crippen LogP contribution in [0, 0.1) is 0 Å². The Morgan fingerprint density at radius 1 is 1.14 bits per heavy atom. The van der Waals surface area contributed by atoms with Crippen LogP contribution in [-0.2, 0) is 17.9 Å². The van der Waals surface area contributed by atoms with Crippen molar-refractivity contribution >= 4 is 28.3 Å². The number of thiazole rings is 1. The van der Waals surface area contributed by atoms with E-state index in [0.717, 1.165) is 49.2 Å². The van der Waals surface area contributed by atoms with E-state index in [1.54, 1.807) is 11.1 Å². The Balaban J connectivity index is 1.29. The first-order valence-corrected chi connectivity index (χ1v) is 13.8. The van der Waals surface area contributed by atoms with Crippen molar-refractivity contribution in [1.29, 1.82) is 0 Å². The van der Waals surface area contributed by atoms with Crippen molar-refractivity contribution in [1.82, 2.24) is 20.1 Å². The fraction of sp³-hybridized carbons (Fsp3) is 0.414. The van der Waals surface area contributed by atoms with Gasteiger partial charge >= 0.3 is 0 Å². The molecule has 2 aliphatic heterocycles. The fourth-order valence-electron chi connectivity index (χ4n) is 5.35. The summed E-state index contributed by atoms with van der Waals surface area (Å²) in [6, 6.07) is 15.5. The van der Waals surface area contributed by atoms with Crippen LogP contribution in [0.25, 0.3) is 0 Å². The Hall–Kier alpha value is -3.07. The average molecular weight is 518 g/mol. The molecular formula is C29H35N5O2S. The Morgan fingerprint density at radius 2 is 1.89 bits per heavy atom. The van der Waals surface area contributed by atoms with Crippen LogP contribution in [0.15, 0.2) is 60.1 Å². The van der Waals surface area contributed by atoms with E-state index in [-0.39, 0.29) is 17.4 Å². The lowest BCUT2D eigenvalue weighted by Gasteiger charge is -2.36. The van der Waals surface area contributed by atoms with Crippen LogP contribution >= 0.6 is 11.3 Å². The molecular weight excluding hydrogens is 482 g/mol. The highest BCUT2D eigenvalue weighted by molar-refractivity contribution is 7.13. The number of rotatable bonds is 7. The molecule has 37 heavy (non-hydrogen) atoms. The van der Waals surface area contributed by atoms with Crippen LogP contribution < -0.4 is 10.6 Å². The maximum Gasteiger partial charge on any atom is 0.255 e. The molecule has 2 aliphatic rings. The van der Waals surface area contributed by atoms with Gasteiger partial charge in [0.25, 0.3) is 11.8 Å². The van der Waals surface area contributed by atoms with Gasteiger partial charge in [-0.15, -0.1) is 11.3 Å². The monoisotopic (exact) mass is 517 g/mol. The number of anilines is 1. The van der Waals surface area contributed by atoms with Crippen molar-refractivity contribution in [2.45, 2.75) is 64.3 Å². The first-order valence-electron chi connectivity index (χ1n) is 12.9. The Labute approximate surface area is 222 Å². The van der Waals surface area contributed by atoms with Crippen LogP contribution in [0.5, 0.6) is 0 Å². The van der Waals surface area contributed by atoms with Crippen molar-refractivity contribution in [3.8, 4) is 0 Å². The number of amides is 2. The SMILES string of the molecule is CC(C)(C)NC1CCN(Cc2ccc3c(c2)C(=O)N(C(C(=O)Nc2nccs2)c2ccccc2)C3)CC1. The minimum Gasteiger partial charge on any atom is -0.318 e. The highest BCUT2D eigenvalue weighted by Gasteiger charge is 2.38. The number of hydrogen-bond acceptors (Lipinski definition) is 6. The zero-order valence-electron chi connectivity index (χ0n) is 21.7. The molecule has 2 aromatic carbocycles. The normalized spacial score (nSPS) is 17.6. The number of carbonyl (C=O) groups excluding carboxylic acids is 2. The summed E-state index contributed by atoms with van der Waals surface area (Å²) in [6.45, 7) is 9.97. The number of likely N-dealkylation sites (tertiary alicyclic amines) is 1. The maximum atomic E-state index is 13.6. The predicted molar refractivity (Wildman–Crippen MR) is 147 cm³/mol. The van der Waals surface area contributed by atoms with Gasteiger partial charge in [-0.05, 0) is 69.5 Å². The lowest BCUT2D eigenvalue weighted by atomic mass is 9.99. The van der Waals surface area contributed by atoms with E-state index < -0.39 is 6.04 Å². The largest absolute Gasteiger partial charge is 0.318 e. The molecule has 194 valence electrons. The molecule has 3 heterocycles. The zero-order chi connectivity index (χ0) is 26.0. The third-order valence-corrected chi connectivity index (χ3v) is 7.66.